The van der Waals surface area contributed by atoms with Crippen LogP contribution in [-0.4, -0.2) is 26.2 Å². The summed E-state index contributed by atoms with van der Waals surface area (Å²) >= 11 is 0. The molecule has 21 heavy (non-hydrogen) atoms. The summed E-state index contributed by atoms with van der Waals surface area (Å²) in [5.41, 5.74) is 1.33. The number of aliphatic hydroxyl groups excluding tert-OH is 1. The molecule has 0 aliphatic carbocycles. The summed E-state index contributed by atoms with van der Waals surface area (Å²) in [5, 5.41) is 8.72. The molecular formula is C16H23NO3S. The molecule has 4 nitrogen and oxygen atoms in total. The Bertz CT molecular complexity index is 623. The van der Waals surface area contributed by atoms with Gasteiger partial charge in [0.1, 0.15) is 0 Å². The first-order valence-electron chi connectivity index (χ1n) is 7.17. The molecule has 0 heterocycles. The molecular weight excluding hydrogens is 286 g/mol. The van der Waals surface area contributed by atoms with E-state index in [4.69, 9.17) is 5.11 Å². The van der Waals surface area contributed by atoms with Crippen LogP contribution in [0.5, 0.6) is 0 Å². The van der Waals surface area contributed by atoms with Crippen molar-refractivity contribution >= 4 is 10.0 Å². The predicted molar refractivity (Wildman–Crippen MR) is 84.5 cm³/mol. The van der Waals surface area contributed by atoms with Crippen LogP contribution in [0.1, 0.15) is 44.2 Å². The first-order chi connectivity index (χ1) is 9.94. The van der Waals surface area contributed by atoms with Gasteiger partial charge < -0.3 is 5.11 Å². The van der Waals surface area contributed by atoms with Crippen molar-refractivity contribution in [2.24, 2.45) is 0 Å². The smallest absolute Gasteiger partial charge is 0.241 e. The van der Waals surface area contributed by atoms with E-state index in [1.165, 1.54) is 0 Å². The number of aryl methyl sites for hydroxylation is 1. The van der Waals surface area contributed by atoms with E-state index >= 15 is 0 Å². The average Bonchev–Trinajstić information content (AvgIpc) is 2.46. The molecule has 0 saturated carbocycles. The van der Waals surface area contributed by atoms with E-state index in [-0.39, 0.29) is 17.5 Å². The molecule has 1 aromatic carbocycles. The zero-order chi connectivity index (χ0) is 15.9. The lowest BCUT2D eigenvalue weighted by atomic mass is 10.1. The van der Waals surface area contributed by atoms with Gasteiger partial charge in [0, 0.05) is 18.0 Å². The Morgan fingerprint density at radius 1 is 1.29 bits per heavy atom. The van der Waals surface area contributed by atoms with Crippen molar-refractivity contribution in [2.75, 3.05) is 6.61 Å². The maximum atomic E-state index is 12.5. The van der Waals surface area contributed by atoms with Crippen LogP contribution in [0.2, 0.25) is 0 Å². The normalized spacial score (nSPS) is 11.3. The molecule has 0 bridgehead atoms. The molecule has 0 radical (unpaired) electrons. The number of hydrogen-bond donors (Lipinski definition) is 2. The second kappa shape index (κ2) is 8.18. The van der Waals surface area contributed by atoms with Gasteiger partial charge in [0.25, 0.3) is 0 Å². The number of sulfonamides is 1. The molecule has 1 rings (SSSR count). The Hall–Kier alpha value is -1.35. The molecule has 0 aliphatic rings. The second-order valence-corrected chi connectivity index (χ2v) is 6.57. The number of benzene rings is 1. The van der Waals surface area contributed by atoms with E-state index < -0.39 is 10.0 Å². The minimum Gasteiger partial charge on any atom is -0.395 e. The highest BCUT2D eigenvalue weighted by molar-refractivity contribution is 7.89. The lowest BCUT2D eigenvalue weighted by Gasteiger charge is -2.16. The summed E-state index contributed by atoms with van der Waals surface area (Å²) in [6.45, 7) is 5.69. The summed E-state index contributed by atoms with van der Waals surface area (Å²) in [6, 6.07) is 5.07. The van der Waals surface area contributed by atoms with Gasteiger partial charge >= 0.3 is 0 Å². The zero-order valence-corrected chi connectivity index (χ0v) is 13.6. The van der Waals surface area contributed by atoms with E-state index in [0.717, 1.165) is 12.8 Å². The van der Waals surface area contributed by atoms with E-state index in [1.807, 2.05) is 13.8 Å². The van der Waals surface area contributed by atoms with E-state index in [2.05, 4.69) is 16.6 Å². The second-order valence-electron chi connectivity index (χ2n) is 4.89. The Morgan fingerprint density at radius 2 is 1.95 bits per heavy atom. The first kappa shape index (κ1) is 17.7. The largest absolute Gasteiger partial charge is 0.395 e. The van der Waals surface area contributed by atoms with E-state index in [9.17, 15) is 8.42 Å². The van der Waals surface area contributed by atoms with Crippen molar-refractivity contribution in [1.82, 2.24) is 4.72 Å². The van der Waals surface area contributed by atoms with Crippen LogP contribution in [-0.2, 0) is 10.0 Å². The van der Waals surface area contributed by atoms with Crippen molar-refractivity contribution < 1.29 is 13.5 Å². The lowest BCUT2D eigenvalue weighted by Crippen LogP contribution is -2.34. The maximum Gasteiger partial charge on any atom is 0.241 e. The highest BCUT2D eigenvalue weighted by Gasteiger charge is 2.20. The Morgan fingerprint density at radius 3 is 2.52 bits per heavy atom. The van der Waals surface area contributed by atoms with Crippen LogP contribution in [0, 0.1) is 18.8 Å². The third-order valence-electron chi connectivity index (χ3n) is 3.25. The van der Waals surface area contributed by atoms with Gasteiger partial charge in [-0.25, -0.2) is 13.1 Å². The van der Waals surface area contributed by atoms with Gasteiger partial charge in [-0.2, -0.15) is 0 Å². The van der Waals surface area contributed by atoms with Gasteiger partial charge in [0.15, 0.2) is 0 Å². The fourth-order valence-corrected chi connectivity index (χ4v) is 3.60. The van der Waals surface area contributed by atoms with Gasteiger partial charge in [-0.15, -0.1) is 0 Å². The predicted octanol–water partition coefficient (Wildman–Crippen LogP) is 2.20. The van der Waals surface area contributed by atoms with Crippen LogP contribution < -0.4 is 4.72 Å². The molecule has 1 aromatic rings. The minimum atomic E-state index is -3.53. The van der Waals surface area contributed by atoms with Gasteiger partial charge in [0.2, 0.25) is 10.0 Å². The van der Waals surface area contributed by atoms with Gasteiger partial charge in [-0.3, -0.25) is 0 Å². The topological polar surface area (TPSA) is 66.4 Å². The fourth-order valence-electron chi connectivity index (χ4n) is 1.93. The summed E-state index contributed by atoms with van der Waals surface area (Å²) < 4.78 is 27.7. The van der Waals surface area contributed by atoms with Crippen LogP contribution in [0.15, 0.2) is 23.1 Å². The standard InChI is InChI=1S/C16H23NO3S/c1-4-15(5-2)17-21(19,20)16-12-14(8-6-7-11-18)10-9-13(16)3/h9-10,12,15,17-18H,4-5,7,11H2,1-3H3. The number of hydrogen-bond acceptors (Lipinski definition) is 3. The van der Waals surface area contributed by atoms with Crippen molar-refractivity contribution in [1.29, 1.82) is 0 Å². The van der Waals surface area contributed by atoms with Crippen molar-refractivity contribution in [3.63, 3.8) is 0 Å². The van der Waals surface area contributed by atoms with Crippen LogP contribution in [0.25, 0.3) is 0 Å². The third kappa shape index (κ3) is 5.16. The van der Waals surface area contributed by atoms with Crippen LogP contribution >= 0.6 is 0 Å². The summed E-state index contributed by atoms with van der Waals surface area (Å²) in [4.78, 5) is 0.269. The molecule has 0 saturated heterocycles. The molecule has 0 amide bonds. The molecule has 2 N–H and O–H groups in total. The third-order valence-corrected chi connectivity index (χ3v) is 4.92. The first-order valence-corrected chi connectivity index (χ1v) is 8.65. The summed E-state index contributed by atoms with van der Waals surface area (Å²) in [6.07, 6.45) is 1.89. The number of rotatable bonds is 6. The van der Waals surface area contributed by atoms with Crippen LogP contribution in [0.3, 0.4) is 0 Å². The zero-order valence-electron chi connectivity index (χ0n) is 12.8. The molecule has 0 fully saturated rings. The SMILES string of the molecule is CCC(CC)NS(=O)(=O)c1cc(C#CCCO)ccc1C. The monoisotopic (exact) mass is 309 g/mol. The quantitative estimate of drug-likeness (QED) is 0.792. The molecule has 116 valence electrons. The molecule has 0 spiro atoms. The highest BCUT2D eigenvalue weighted by atomic mass is 32.2. The average molecular weight is 309 g/mol. The molecule has 0 aromatic heterocycles. The molecule has 0 atom stereocenters. The Labute approximate surface area is 127 Å². The van der Waals surface area contributed by atoms with E-state index in [0.29, 0.717) is 17.5 Å². The van der Waals surface area contributed by atoms with Crippen LogP contribution in [0.4, 0.5) is 0 Å². The van der Waals surface area contributed by atoms with Crippen molar-refractivity contribution in [3.8, 4) is 11.8 Å². The van der Waals surface area contributed by atoms with E-state index in [1.54, 1.807) is 25.1 Å². The minimum absolute atomic E-state index is 0.000251. The van der Waals surface area contributed by atoms with Gasteiger partial charge in [-0.05, 0) is 37.5 Å². The molecule has 0 unspecified atom stereocenters. The van der Waals surface area contributed by atoms with Crippen molar-refractivity contribution in [2.45, 2.75) is 51.0 Å². The Kier molecular flexibility index (Phi) is 6.90. The summed E-state index contributed by atoms with van der Waals surface area (Å²) in [5.74, 6) is 5.66. The fraction of sp³-hybridized carbons (Fsp3) is 0.500. The van der Waals surface area contributed by atoms with Gasteiger partial charge in [-0.1, -0.05) is 31.8 Å². The number of nitrogens with one attached hydrogen (secondary N) is 1. The maximum absolute atomic E-state index is 12.5. The lowest BCUT2D eigenvalue weighted by molar-refractivity contribution is 0.305. The molecule has 0 aliphatic heterocycles. The number of aliphatic hydroxyl groups is 1. The highest BCUT2D eigenvalue weighted by Crippen LogP contribution is 2.18. The van der Waals surface area contributed by atoms with Crippen molar-refractivity contribution in [3.05, 3.63) is 29.3 Å². The molecule has 5 heteroatoms. The van der Waals surface area contributed by atoms with Gasteiger partial charge in [0.05, 0.1) is 11.5 Å². The Balaban J connectivity index is 3.11. The summed E-state index contributed by atoms with van der Waals surface area (Å²) in [7, 11) is -3.53.